The van der Waals surface area contributed by atoms with E-state index in [1.807, 2.05) is 30.3 Å². The first kappa shape index (κ1) is 32.2. The van der Waals surface area contributed by atoms with Gasteiger partial charge in [0.05, 0.1) is 17.4 Å². The lowest BCUT2D eigenvalue weighted by atomic mass is 9.78. The van der Waals surface area contributed by atoms with Crippen LogP contribution in [0, 0.1) is 0 Å². The Morgan fingerprint density at radius 1 is 0.659 bits per heavy atom. The minimum absolute atomic E-state index is 0.0557. The monoisotopic (exact) mass is 556 g/mol. The number of benzene rings is 3. The van der Waals surface area contributed by atoms with Gasteiger partial charge in [0.1, 0.15) is 11.5 Å². The van der Waals surface area contributed by atoms with Crippen LogP contribution in [0.15, 0.2) is 53.5 Å². The molecule has 0 aliphatic heterocycles. The first-order valence-corrected chi connectivity index (χ1v) is 14.8. The average molecular weight is 557 g/mol. The highest BCUT2D eigenvalue weighted by Gasteiger charge is 2.27. The average Bonchev–Trinajstić information content (AvgIpc) is 2.81. The molecule has 41 heavy (non-hydrogen) atoms. The maximum absolute atomic E-state index is 11.4. The molecule has 0 saturated carbocycles. The van der Waals surface area contributed by atoms with E-state index in [1.165, 1.54) is 5.56 Å². The lowest BCUT2D eigenvalue weighted by Gasteiger charge is -2.29. The summed E-state index contributed by atoms with van der Waals surface area (Å²) in [4.78, 5) is 4.86. The number of nitrogens with one attached hydrogen (secondary N) is 1. The quantitative estimate of drug-likeness (QED) is 0.274. The van der Waals surface area contributed by atoms with Crippen molar-refractivity contribution >= 4 is 17.6 Å². The van der Waals surface area contributed by atoms with E-state index in [1.54, 1.807) is 6.21 Å². The molecule has 0 amide bonds. The zero-order chi connectivity index (χ0) is 31.1. The van der Waals surface area contributed by atoms with Gasteiger partial charge in [-0.2, -0.15) is 0 Å². The minimum Gasteiger partial charge on any atom is -0.507 e. The van der Waals surface area contributed by atoms with Gasteiger partial charge in [-0.3, -0.25) is 4.99 Å². The topological polar surface area (TPSA) is 64.9 Å². The predicted octanol–water partition coefficient (Wildman–Crippen LogP) is 10.2. The molecule has 1 unspecified atom stereocenters. The SMILES string of the molecule is CC(Nc1ccccc1N=Cc1cc(C(C)(C)C)cc(C(C)(C)C)c1O)c1cc(C(C)(C)C)cc(C(C)(C)C)c1O. The van der Waals surface area contributed by atoms with Gasteiger partial charge in [0.15, 0.2) is 0 Å². The highest BCUT2D eigenvalue weighted by Crippen LogP contribution is 2.42. The minimum atomic E-state index is -0.210. The molecule has 3 rings (SSSR count). The number of phenols is 2. The third kappa shape index (κ3) is 7.52. The highest BCUT2D eigenvalue weighted by atomic mass is 16.3. The van der Waals surface area contributed by atoms with Gasteiger partial charge in [-0.1, -0.05) is 107 Å². The molecular weight excluding hydrogens is 504 g/mol. The van der Waals surface area contributed by atoms with Crippen molar-refractivity contribution in [2.24, 2.45) is 4.99 Å². The van der Waals surface area contributed by atoms with Crippen LogP contribution in [0.2, 0.25) is 0 Å². The fraction of sp³-hybridized carbons (Fsp3) is 0.486. The largest absolute Gasteiger partial charge is 0.507 e. The Labute approximate surface area is 249 Å². The fourth-order valence-corrected chi connectivity index (χ4v) is 4.91. The Hall–Kier alpha value is -3.27. The third-order valence-corrected chi connectivity index (χ3v) is 7.71. The Bertz CT molecular complexity index is 1420. The Balaban J connectivity index is 2.06. The van der Waals surface area contributed by atoms with Crippen molar-refractivity contribution in [2.75, 3.05) is 5.32 Å². The first-order chi connectivity index (χ1) is 18.6. The van der Waals surface area contributed by atoms with E-state index >= 15 is 0 Å². The molecule has 0 spiro atoms. The molecule has 0 aliphatic rings. The molecule has 0 heterocycles. The molecule has 1 atom stereocenters. The van der Waals surface area contributed by atoms with E-state index in [0.29, 0.717) is 11.3 Å². The summed E-state index contributed by atoms with van der Waals surface area (Å²) in [6, 6.07) is 16.2. The lowest BCUT2D eigenvalue weighted by Crippen LogP contribution is -2.19. The second kappa shape index (κ2) is 11.2. The molecule has 0 aromatic heterocycles. The molecule has 0 bridgehead atoms. The van der Waals surface area contributed by atoms with Gasteiger partial charge in [-0.15, -0.1) is 0 Å². The summed E-state index contributed by atoms with van der Waals surface area (Å²) < 4.78 is 0. The van der Waals surface area contributed by atoms with Gasteiger partial charge in [0.25, 0.3) is 0 Å². The van der Waals surface area contributed by atoms with Gasteiger partial charge in [-0.05, 0) is 69.5 Å². The van der Waals surface area contributed by atoms with Crippen molar-refractivity contribution in [3.8, 4) is 11.5 Å². The van der Waals surface area contributed by atoms with Crippen molar-refractivity contribution in [1.82, 2.24) is 0 Å². The van der Waals surface area contributed by atoms with Gasteiger partial charge in [-0.25, -0.2) is 0 Å². The van der Waals surface area contributed by atoms with E-state index in [0.717, 1.165) is 33.6 Å². The van der Waals surface area contributed by atoms with Crippen molar-refractivity contribution < 1.29 is 10.2 Å². The number of anilines is 1. The van der Waals surface area contributed by atoms with Crippen LogP contribution in [0.4, 0.5) is 11.4 Å². The highest BCUT2D eigenvalue weighted by molar-refractivity contribution is 5.88. The van der Waals surface area contributed by atoms with Gasteiger partial charge in [0, 0.05) is 22.9 Å². The Kier molecular flexibility index (Phi) is 8.80. The summed E-state index contributed by atoms with van der Waals surface area (Å²) in [5.41, 5.74) is 6.87. The third-order valence-electron chi connectivity index (χ3n) is 7.71. The van der Waals surface area contributed by atoms with Crippen molar-refractivity contribution in [2.45, 2.75) is 118 Å². The summed E-state index contributed by atoms with van der Waals surface area (Å²) in [5.74, 6) is 0.608. The predicted molar refractivity (Wildman–Crippen MR) is 177 cm³/mol. The second-order valence-electron chi connectivity index (χ2n) is 15.6. The fourth-order valence-electron chi connectivity index (χ4n) is 4.91. The van der Waals surface area contributed by atoms with Crippen molar-refractivity contribution in [3.63, 3.8) is 0 Å². The Morgan fingerprint density at radius 3 is 1.66 bits per heavy atom. The van der Waals surface area contributed by atoms with E-state index in [2.05, 4.69) is 114 Å². The number of phenolic OH excluding ortho intramolecular Hbond substituents is 2. The number of nitrogens with zero attached hydrogens (tertiary/aromatic N) is 1. The molecular formula is C37H52N2O2. The molecule has 0 saturated heterocycles. The van der Waals surface area contributed by atoms with Crippen molar-refractivity contribution in [1.29, 1.82) is 0 Å². The van der Waals surface area contributed by atoms with Crippen LogP contribution in [0.3, 0.4) is 0 Å². The summed E-state index contributed by atoms with van der Waals surface area (Å²) in [6.45, 7) is 28.0. The molecule has 3 aromatic carbocycles. The number of rotatable bonds is 5. The number of hydrogen-bond donors (Lipinski definition) is 3. The van der Waals surface area contributed by atoms with Crippen LogP contribution < -0.4 is 5.32 Å². The molecule has 3 N–H and O–H groups in total. The molecule has 4 heteroatoms. The zero-order valence-electron chi connectivity index (χ0n) is 27.6. The van der Waals surface area contributed by atoms with E-state index in [-0.39, 0.29) is 33.5 Å². The summed E-state index contributed by atoms with van der Waals surface area (Å²) in [5, 5.41) is 26.2. The van der Waals surface area contributed by atoms with Crippen molar-refractivity contribution in [3.05, 3.63) is 81.9 Å². The second-order valence-corrected chi connectivity index (χ2v) is 15.6. The van der Waals surface area contributed by atoms with E-state index < -0.39 is 0 Å². The van der Waals surface area contributed by atoms with Crippen LogP contribution in [0.1, 0.15) is 129 Å². The van der Waals surface area contributed by atoms with Crippen LogP contribution in [0.25, 0.3) is 0 Å². The summed E-state index contributed by atoms with van der Waals surface area (Å²) in [6.07, 6.45) is 1.76. The Morgan fingerprint density at radius 2 is 1.15 bits per heavy atom. The number of para-hydroxylation sites is 2. The molecule has 0 fully saturated rings. The van der Waals surface area contributed by atoms with E-state index in [9.17, 15) is 10.2 Å². The van der Waals surface area contributed by atoms with Crippen LogP contribution in [0.5, 0.6) is 11.5 Å². The van der Waals surface area contributed by atoms with Gasteiger partial charge < -0.3 is 15.5 Å². The normalized spacial score (nSPS) is 14.0. The summed E-state index contributed by atoms with van der Waals surface area (Å²) >= 11 is 0. The van der Waals surface area contributed by atoms with Crippen LogP contribution in [-0.2, 0) is 21.7 Å². The summed E-state index contributed by atoms with van der Waals surface area (Å²) in [7, 11) is 0. The zero-order valence-corrected chi connectivity index (χ0v) is 27.6. The molecule has 4 nitrogen and oxygen atoms in total. The van der Waals surface area contributed by atoms with E-state index in [4.69, 9.17) is 4.99 Å². The maximum Gasteiger partial charge on any atom is 0.128 e. The van der Waals surface area contributed by atoms with Crippen LogP contribution in [-0.4, -0.2) is 16.4 Å². The smallest absolute Gasteiger partial charge is 0.128 e. The first-order valence-electron chi connectivity index (χ1n) is 14.8. The molecule has 3 aromatic rings. The lowest BCUT2D eigenvalue weighted by molar-refractivity contribution is 0.435. The van der Waals surface area contributed by atoms with Gasteiger partial charge >= 0.3 is 0 Å². The maximum atomic E-state index is 11.4. The molecule has 0 radical (unpaired) electrons. The molecule has 222 valence electrons. The number of aromatic hydroxyl groups is 2. The number of aliphatic imine (C=N–C) groups is 1. The number of hydrogen-bond acceptors (Lipinski definition) is 4. The standard InChI is InChI=1S/C37H52N2O2/c1-23(27-19-26(35(5,6)7)21-29(33(27)41)37(11,12)13)39-31-17-15-14-16-30(31)38-22-24-18-25(34(2,3)4)20-28(32(24)40)36(8,9)10/h14-23,39-41H,1-13H3. The van der Waals surface area contributed by atoms with Gasteiger partial charge in [0.2, 0.25) is 0 Å². The molecule has 0 aliphatic carbocycles. The van der Waals surface area contributed by atoms with Crippen LogP contribution >= 0.6 is 0 Å².